The number of halogens is 1. The molecule has 2 aromatic heterocycles. The predicted molar refractivity (Wildman–Crippen MR) is 80.2 cm³/mol. The van der Waals surface area contributed by atoms with Gasteiger partial charge in [0.25, 0.3) is 0 Å². The summed E-state index contributed by atoms with van der Waals surface area (Å²) in [6.45, 7) is 5.88. The van der Waals surface area contributed by atoms with Crippen molar-refractivity contribution < 1.29 is 8.83 Å². The Labute approximate surface area is 122 Å². The number of fused-ring (bicyclic) bond motifs is 1. The molecule has 20 heavy (non-hydrogen) atoms. The topological polar surface area (TPSA) is 52.3 Å². The van der Waals surface area contributed by atoms with Gasteiger partial charge in [-0.2, -0.15) is 0 Å². The SMILES string of the molecule is Cc1oc(C)c(C(N)c2cc3cc(Cl)ccc3o2)c1C. The smallest absolute Gasteiger partial charge is 0.134 e. The van der Waals surface area contributed by atoms with Gasteiger partial charge in [0.15, 0.2) is 0 Å². The van der Waals surface area contributed by atoms with Crippen LogP contribution < -0.4 is 5.73 Å². The van der Waals surface area contributed by atoms with E-state index in [0.29, 0.717) is 10.8 Å². The van der Waals surface area contributed by atoms with E-state index in [-0.39, 0.29) is 6.04 Å². The molecular formula is C16H16ClNO2. The molecule has 0 bridgehead atoms. The Hall–Kier alpha value is -1.71. The second-order valence-electron chi connectivity index (χ2n) is 5.06. The number of aryl methyl sites for hydroxylation is 2. The fourth-order valence-corrected chi connectivity index (χ4v) is 2.78. The summed E-state index contributed by atoms with van der Waals surface area (Å²) < 4.78 is 11.5. The van der Waals surface area contributed by atoms with Gasteiger partial charge in [0.05, 0.1) is 6.04 Å². The van der Waals surface area contributed by atoms with E-state index in [4.69, 9.17) is 26.2 Å². The first kappa shape index (κ1) is 13.3. The van der Waals surface area contributed by atoms with Gasteiger partial charge >= 0.3 is 0 Å². The van der Waals surface area contributed by atoms with Crippen LogP contribution in [0.4, 0.5) is 0 Å². The van der Waals surface area contributed by atoms with Crippen molar-refractivity contribution in [3.05, 3.63) is 57.7 Å². The van der Waals surface area contributed by atoms with Gasteiger partial charge in [-0.15, -0.1) is 0 Å². The van der Waals surface area contributed by atoms with Gasteiger partial charge in [0, 0.05) is 16.0 Å². The lowest BCUT2D eigenvalue weighted by Crippen LogP contribution is -2.12. The van der Waals surface area contributed by atoms with E-state index in [9.17, 15) is 0 Å². The zero-order valence-electron chi connectivity index (χ0n) is 11.7. The lowest BCUT2D eigenvalue weighted by atomic mass is 10.0. The van der Waals surface area contributed by atoms with Crippen molar-refractivity contribution in [1.29, 1.82) is 0 Å². The predicted octanol–water partition coefficient (Wildman–Crippen LogP) is 4.65. The third-order valence-electron chi connectivity index (χ3n) is 3.73. The maximum atomic E-state index is 6.35. The second kappa shape index (κ2) is 4.69. The van der Waals surface area contributed by atoms with E-state index in [1.165, 1.54) is 0 Å². The Morgan fingerprint density at radius 3 is 2.45 bits per heavy atom. The second-order valence-corrected chi connectivity index (χ2v) is 5.50. The largest absolute Gasteiger partial charge is 0.466 e. The van der Waals surface area contributed by atoms with Gasteiger partial charge < -0.3 is 14.6 Å². The summed E-state index contributed by atoms with van der Waals surface area (Å²) in [5, 5.41) is 1.64. The highest BCUT2D eigenvalue weighted by Crippen LogP contribution is 2.33. The Morgan fingerprint density at radius 2 is 1.80 bits per heavy atom. The number of furan rings is 2. The first-order valence-corrected chi connectivity index (χ1v) is 6.86. The molecule has 0 fully saturated rings. The highest BCUT2D eigenvalue weighted by molar-refractivity contribution is 6.31. The molecule has 3 nitrogen and oxygen atoms in total. The molecule has 3 aromatic rings. The summed E-state index contributed by atoms with van der Waals surface area (Å²) in [4.78, 5) is 0. The quantitative estimate of drug-likeness (QED) is 0.747. The molecule has 0 radical (unpaired) electrons. The summed E-state index contributed by atoms with van der Waals surface area (Å²) in [6.07, 6.45) is 0. The van der Waals surface area contributed by atoms with E-state index in [2.05, 4.69) is 0 Å². The zero-order chi connectivity index (χ0) is 14.4. The van der Waals surface area contributed by atoms with Gasteiger partial charge in [-0.1, -0.05) is 11.6 Å². The van der Waals surface area contributed by atoms with Crippen molar-refractivity contribution in [2.45, 2.75) is 26.8 Å². The molecule has 4 heteroatoms. The van der Waals surface area contributed by atoms with Crippen LogP contribution in [0.2, 0.25) is 5.02 Å². The van der Waals surface area contributed by atoms with E-state index < -0.39 is 0 Å². The molecule has 2 heterocycles. The lowest BCUT2D eigenvalue weighted by molar-refractivity contribution is 0.489. The van der Waals surface area contributed by atoms with Gasteiger partial charge in [-0.05, 0) is 50.6 Å². The minimum Gasteiger partial charge on any atom is -0.466 e. The molecule has 0 aliphatic carbocycles. The lowest BCUT2D eigenvalue weighted by Gasteiger charge is -2.08. The van der Waals surface area contributed by atoms with Gasteiger partial charge in [0.2, 0.25) is 0 Å². The molecule has 1 aromatic carbocycles. The van der Waals surface area contributed by atoms with E-state index in [1.54, 1.807) is 6.07 Å². The molecular weight excluding hydrogens is 274 g/mol. The van der Waals surface area contributed by atoms with Crippen molar-refractivity contribution in [2.75, 3.05) is 0 Å². The van der Waals surface area contributed by atoms with Crippen LogP contribution in [0.1, 0.15) is 34.4 Å². The zero-order valence-corrected chi connectivity index (χ0v) is 12.4. The van der Waals surface area contributed by atoms with Crippen LogP contribution >= 0.6 is 11.6 Å². The maximum Gasteiger partial charge on any atom is 0.134 e. The Kier molecular flexibility index (Phi) is 3.11. The number of hydrogen-bond donors (Lipinski definition) is 1. The van der Waals surface area contributed by atoms with Crippen molar-refractivity contribution in [1.82, 2.24) is 0 Å². The Balaban J connectivity index is 2.10. The molecule has 0 amide bonds. The summed E-state index contributed by atoms with van der Waals surface area (Å²) in [6, 6.07) is 7.14. The highest BCUT2D eigenvalue weighted by Gasteiger charge is 2.22. The molecule has 3 rings (SSSR count). The average Bonchev–Trinajstić information content (AvgIpc) is 2.91. The molecule has 0 saturated heterocycles. The van der Waals surface area contributed by atoms with Crippen LogP contribution in [0.15, 0.2) is 33.1 Å². The van der Waals surface area contributed by atoms with Crippen LogP contribution in [-0.4, -0.2) is 0 Å². The van der Waals surface area contributed by atoms with Crippen molar-refractivity contribution in [2.24, 2.45) is 5.73 Å². The highest BCUT2D eigenvalue weighted by atomic mass is 35.5. The summed E-state index contributed by atoms with van der Waals surface area (Å²) in [7, 11) is 0. The van der Waals surface area contributed by atoms with Crippen LogP contribution in [0, 0.1) is 20.8 Å². The molecule has 0 saturated carbocycles. The van der Waals surface area contributed by atoms with Crippen LogP contribution in [0.25, 0.3) is 11.0 Å². The summed E-state index contributed by atoms with van der Waals surface area (Å²) in [5.74, 6) is 2.45. The minimum absolute atomic E-state index is 0.335. The molecule has 0 aliphatic rings. The number of hydrogen-bond acceptors (Lipinski definition) is 3. The Bertz CT molecular complexity index is 785. The van der Waals surface area contributed by atoms with Gasteiger partial charge in [0.1, 0.15) is 22.9 Å². The standard InChI is InChI=1S/C16H16ClNO2/c1-8-9(2)19-10(3)15(8)16(18)14-7-11-6-12(17)4-5-13(11)20-14/h4-7,16H,18H2,1-3H3. The fraction of sp³-hybridized carbons (Fsp3) is 0.250. The van der Waals surface area contributed by atoms with Crippen molar-refractivity contribution >= 4 is 22.6 Å². The molecule has 0 spiro atoms. The third kappa shape index (κ3) is 2.03. The number of nitrogens with two attached hydrogens (primary N) is 1. The van der Waals surface area contributed by atoms with Crippen LogP contribution in [0.3, 0.4) is 0 Å². The first-order valence-electron chi connectivity index (χ1n) is 6.48. The average molecular weight is 290 g/mol. The summed E-state index contributed by atoms with van der Waals surface area (Å²) >= 11 is 5.99. The number of benzene rings is 1. The molecule has 2 N–H and O–H groups in total. The summed E-state index contributed by atoms with van der Waals surface area (Å²) in [5.41, 5.74) is 9.20. The van der Waals surface area contributed by atoms with Crippen LogP contribution in [0.5, 0.6) is 0 Å². The fourth-order valence-electron chi connectivity index (χ4n) is 2.60. The van der Waals surface area contributed by atoms with Gasteiger partial charge in [-0.3, -0.25) is 0 Å². The molecule has 104 valence electrons. The van der Waals surface area contributed by atoms with Crippen molar-refractivity contribution in [3.8, 4) is 0 Å². The first-order chi connectivity index (χ1) is 9.47. The van der Waals surface area contributed by atoms with E-state index >= 15 is 0 Å². The molecule has 1 unspecified atom stereocenters. The third-order valence-corrected chi connectivity index (χ3v) is 3.97. The Morgan fingerprint density at radius 1 is 1.05 bits per heavy atom. The maximum absolute atomic E-state index is 6.35. The normalized spacial score (nSPS) is 13.1. The van der Waals surface area contributed by atoms with Crippen molar-refractivity contribution in [3.63, 3.8) is 0 Å². The van der Waals surface area contributed by atoms with Gasteiger partial charge in [-0.25, -0.2) is 0 Å². The molecule has 0 aliphatic heterocycles. The molecule has 1 atom stereocenters. The number of rotatable bonds is 2. The van der Waals surface area contributed by atoms with E-state index in [0.717, 1.165) is 33.6 Å². The minimum atomic E-state index is -0.335. The van der Waals surface area contributed by atoms with Crippen LogP contribution in [-0.2, 0) is 0 Å². The van der Waals surface area contributed by atoms with E-state index in [1.807, 2.05) is 39.0 Å². The monoisotopic (exact) mass is 289 g/mol.